The molecule has 0 spiro atoms. The highest BCUT2D eigenvalue weighted by Crippen LogP contribution is 2.39. The minimum Gasteiger partial charge on any atom is -0.478 e. The molecule has 1 saturated carbocycles. The van der Waals surface area contributed by atoms with Crippen LogP contribution in [0.4, 0.5) is 8.78 Å². The molecule has 1 N–H and O–H groups in total. The average molecular weight is 455 g/mol. The second-order valence-corrected chi connectivity index (χ2v) is 9.37. The van der Waals surface area contributed by atoms with E-state index >= 15 is 0 Å². The zero-order chi connectivity index (χ0) is 23.8. The van der Waals surface area contributed by atoms with Crippen LogP contribution < -0.4 is 0 Å². The van der Waals surface area contributed by atoms with E-state index in [1.165, 1.54) is 75.1 Å². The zero-order valence-electron chi connectivity index (χ0n) is 19.9. The second kappa shape index (κ2) is 12.1. The van der Waals surface area contributed by atoms with E-state index in [0.717, 1.165) is 5.92 Å². The maximum atomic E-state index is 14.5. The van der Waals surface area contributed by atoms with Gasteiger partial charge in [0.15, 0.2) is 5.83 Å². The zero-order valence-corrected chi connectivity index (χ0v) is 19.9. The Morgan fingerprint density at radius 2 is 1.64 bits per heavy atom. The summed E-state index contributed by atoms with van der Waals surface area (Å²) in [6.45, 7) is 4.03. The van der Waals surface area contributed by atoms with Gasteiger partial charge >= 0.3 is 5.97 Å². The standard InChI is InChI=1S/C29H36F2O2/c1-3-5-6-8-20-9-11-21(12-10-20)22-13-15-23(16-14-22)26-19-24(17-18-25(26)29(32)33)28(31)27(30)7-4-2/h13-21H,3-12H2,1-2H3,(H,32,33). The van der Waals surface area contributed by atoms with Gasteiger partial charge in [0.05, 0.1) is 5.56 Å². The summed E-state index contributed by atoms with van der Waals surface area (Å²) in [5.74, 6) is -1.41. The first-order valence-corrected chi connectivity index (χ1v) is 12.5. The van der Waals surface area contributed by atoms with Gasteiger partial charge in [-0.2, -0.15) is 0 Å². The number of carbonyl (C=O) groups is 1. The quantitative estimate of drug-likeness (QED) is 0.363. The number of hydrogen-bond donors (Lipinski definition) is 1. The van der Waals surface area contributed by atoms with Crippen LogP contribution in [0.1, 0.15) is 105 Å². The Kier molecular flexibility index (Phi) is 9.22. The molecule has 1 fully saturated rings. The van der Waals surface area contributed by atoms with E-state index < -0.39 is 17.6 Å². The Labute approximate surface area is 196 Å². The van der Waals surface area contributed by atoms with Crippen molar-refractivity contribution in [1.29, 1.82) is 0 Å². The van der Waals surface area contributed by atoms with Crippen LogP contribution in [0.2, 0.25) is 0 Å². The normalized spacial score (nSPS) is 19.3. The Bertz CT molecular complexity index is 954. The number of hydrogen-bond acceptors (Lipinski definition) is 1. The van der Waals surface area contributed by atoms with Crippen LogP contribution in [0.25, 0.3) is 17.0 Å². The van der Waals surface area contributed by atoms with Gasteiger partial charge in [0.25, 0.3) is 0 Å². The van der Waals surface area contributed by atoms with Gasteiger partial charge in [-0.3, -0.25) is 0 Å². The van der Waals surface area contributed by atoms with Gasteiger partial charge in [0.2, 0.25) is 0 Å². The van der Waals surface area contributed by atoms with E-state index in [1.54, 1.807) is 6.92 Å². The molecule has 0 atom stereocenters. The van der Waals surface area contributed by atoms with Gasteiger partial charge in [-0.05, 0) is 72.8 Å². The fourth-order valence-electron chi connectivity index (χ4n) is 4.99. The van der Waals surface area contributed by atoms with E-state index in [-0.39, 0.29) is 17.5 Å². The molecule has 1 aliphatic carbocycles. The summed E-state index contributed by atoms with van der Waals surface area (Å²) in [6.07, 6.45) is 10.7. The summed E-state index contributed by atoms with van der Waals surface area (Å²) in [6, 6.07) is 12.1. The van der Waals surface area contributed by atoms with Gasteiger partial charge in [-0.1, -0.05) is 69.9 Å². The monoisotopic (exact) mass is 454 g/mol. The molecule has 33 heavy (non-hydrogen) atoms. The Morgan fingerprint density at radius 3 is 2.24 bits per heavy atom. The Hall–Kier alpha value is -2.49. The van der Waals surface area contributed by atoms with Crippen molar-refractivity contribution in [2.24, 2.45) is 5.92 Å². The summed E-state index contributed by atoms with van der Waals surface area (Å²) in [4.78, 5) is 11.8. The molecule has 0 amide bonds. The van der Waals surface area contributed by atoms with Crippen molar-refractivity contribution < 1.29 is 18.7 Å². The summed E-state index contributed by atoms with van der Waals surface area (Å²) in [5.41, 5.74) is 2.55. The molecule has 0 radical (unpaired) electrons. The van der Waals surface area contributed by atoms with Crippen LogP contribution >= 0.6 is 0 Å². The molecular formula is C29H36F2O2. The largest absolute Gasteiger partial charge is 0.478 e. The third kappa shape index (κ3) is 6.52. The van der Waals surface area contributed by atoms with E-state index in [9.17, 15) is 18.7 Å². The van der Waals surface area contributed by atoms with Crippen molar-refractivity contribution in [2.45, 2.75) is 84.0 Å². The summed E-state index contributed by atoms with van der Waals surface area (Å²) in [7, 11) is 0. The summed E-state index contributed by atoms with van der Waals surface area (Å²) in [5, 5.41) is 9.63. The molecule has 178 valence electrons. The highest BCUT2D eigenvalue weighted by atomic mass is 19.2. The van der Waals surface area contributed by atoms with Crippen LogP contribution in [-0.4, -0.2) is 11.1 Å². The molecular weight excluding hydrogens is 418 g/mol. The molecule has 2 aromatic rings. The first-order chi connectivity index (χ1) is 15.9. The number of rotatable bonds is 10. The first kappa shape index (κ1) is 25.1. The molecule has 0 unspecified atom stereocenters. The highest BCUT2D eigenvalue weighted by molar-refractivity contribution is 5.96. The van der Waals surface area contributed by atoms with Crippen LogP contribution in [0.15, 0.2) is 48.3 Å². The molecule has 3 rings (SSSR count). The molecule has 0 saturated heterocycles. The first-order valence-electron chi connectivity index (χ1n) is 12.5. The lowest BCUT2D eigenvalue weighted by atomic mass is 9.77. The van der Waals surface area contributed by atoms with Crippen LogP contribution in [0, 0.1) is 5.92 Å². The van der Waals surface area contributed by atoms with E-state index in [0.29, 0.717) is 23.5 Å². The molecule has 0 aromatic heterocycles. The van der Waals surface area contributed by atoms with Crippen LogP contribution in [0.3, 0.4) is 0 Å². The minimum absolute atomic E-state index is 0.0252. The number of halogens is 2. The molecule has 2 aromatic carbocycles. The van der Waals surface area contributed by atoms with Crippen molar-refractivity contribution in [1.82, 2.24) is 0 Å². The molecule has 0 bridgehead atoms. The van der Waals surface area contributed by atoms with Gasteiger partial charge in [-0.25, -0.2) is 13.6 Å². The predicted octanol–water partition coefficient (Wildman–Crippen LogP) is 9.31. The van der Waals surface area contributed by atoms with Crippen LogP contribution in [0.5, 0.6) is 0 Å². The van der Waals surface area contributed by atoms with Crippen molar-refractivity contribution in [2.75, 3.05) is 0 Å². The number of carboxylic acid groups (broad SMARTS) is 1. The number of benzene rings is 2. The number of aromatic carboxylic acids is 1. The molecule has 4 heteroatoms. The fraction of sp³-hybridized carbons (Fsp3) is 0.483. The lowest BCUT2D eigenvalue weighted by molar-refractivity contribution is 0.0697. The minimum atomic E-state index is -1.08. The highest BCUT2D eigenvalue weighted by Gasteiger charge is 2.22. The fourth-order valence-corrected chi connectivity index (χ4v) is 4.99. The number of allylic oxidation sites excluding steroid dienone is 1. The van der Waals surface area contributed by atoms with Gasteiger partial charge < -0.3 is 5.11 Å². The van der Waals surface area contributed by atoms with Crippen LogP contribution in [-0.2, 0) is 0 Å². The van der Waals surface area contributed by atoms with Gasteiger partial charge in [-0.15, -0.1) is 0 Å². The average Bonchev–Trinajstić information content (AvgIpc) is 2.84. The smallest absolute Gasteiger partial charge is 0.336 e. The van der Waals surface area contributed by atoms with Crippen molar-refractivity contribution in [3.05, 3.63) is 65.0 Å². The lowest BCUT2D eigenvalue weighted by Crippen LogP contribution is -2.13. The molecule has 0 heterocycles. The van der Waals surface area contributed by atoms with Gasteiger partial charge in [0.1, 0.15) is 5.83 Å². The molecule has 2 nitrogen and oxygen atoms in total. The Balaban J connectivity index is 1.78. The molecule has 1 aliphatic rings. The number of unbranched alkanes of at least 4 members (excludes halogenated alkanes) is 2. The van der Waals surface area contributed by atoms with E-state index in [1.807, 2.05) is 12.1 Å². The van der Waals surface area contributed by atoms with Crippen molar-refractivity contribution >= 4 is 11.8 Å². The Morgan fingerprint density at radius 1 is 0.939 bits per heavy atom. The third-order valence-corrected chi connectivity index (χ3v) is 6.97. The SMILES string of the molecule is CCCCCC1CCC(c2ccc(-c3cc(C(F)=C(F)CCC)ccc3C(=O)O)cc2)CC1. The van der Waals surface area contributed by atoms with E-state index in [4.69, 9.17) is 0 Å². The predicted molar refractivity (Wildman–Crippen MR) is 132 cm³/mol. The second-order valence-electron chi connectivity index (χ2n) is 9.37. The van der Waals surface area contributed by atoms with Gasteiger partial charge in [0, 0.05) is 12.0 Å². The van der Waals surface area contributed by atoms with E-state index in [2.05, 4.69) is 19.1 Å². The summed E-state index contributed by atoms with van der Waals surface area (Å²) < 4.78 is 28.6. The topological polar surface area (TPSA) is 37.3 Å². The summed E-state index contributed by atoms with van der Waals surface area (Å²) >= 11 is 0. The third-order valence-electron chi connectivity index (χ3n) is 6.97. The number of carboxylic acids is 1. The van der Waals surface area contributed by atoms with Crippen molar-refractivity contribution in [3.8, 4) is 11.1 Å². The maximum absolute atomic E-state index is 14.5. The maximum Gasteiger partial charge on any atom is 0.336 e. The van der Waals surface area contributed by atoms with Crippen molar-refractivity contribution in [3.63, 3.8) is 0 Å². The molecule has 0 aliphatic heterocycles. The lowest BCUT2D eigenvalue weighted by Gasteiger charge is -2.29.